The van der Waals surface area contributed by atoms with Crippen LogP contribution in [0, 0.1) is 34.5 Å². The molecule has 6 nitrogen and oxygen atoms in total. The van der Waals surface area contributed by atoms with Crippen molar-refractivity contribution in [3.8, 4) is 0 Å². The van der Waals surface area contributed by atoms with E-state index in [0.717, 1.165) is 21.3 Å². The normalized spacial score (nSPS) is 44.7. The smallest absolute Gasteiger partial charge is 0.303 e. The van der Waals surface area contributed by atoms with Gasteiger partial charge >= 0.3 is 11.9 Å². The van der Waals surface area contributed by atoms with Crippen LogP contribution in [0.2, 0.25) is 0 Å². The molecule has 0 aromatic carbocycles. The molecule has 1 unspecified atom stereocenters. The molecule has 10 atom stereocenters. The Morgan fingerprint density at radius 3 is 1.79 bits per heavy atom. The largest absolute Gasteiger partial charge is 1.00 e. The topological polar surface area (TPSA) is 52.6 Å². The van der Waals surface area contributed by atoms with Crippen molar-refractivity contribution in [1.82, 2.24) is 0 Å². The second-order valence-electron chi connectivity index (χ2n) is 16.7. The first-order valence-corrected chi connectivity index (χ1v) is 17.4. The van der Waals surface area contributed by atoms with Gasteiger partial charge in [0.1, 0.15) is 12.1 Å². The zero-order valence-corrected chi connectivity index (χ0v) is 31.1. The highest BCUT2D eigenvalue weighted by molar-refractivity contribution is 5.66. The van der Waals surface area contributed by atoms with E-state index in [9.17, 15) is 9.59 Å². The molecule has 2 heterocycles. The van der Waals surface area contributed by atoms with Gasteiger partial charge in [-0.15, -0.1) is 0 Å². The molecule has 0 N–H and O–H groups in total. The van der Waals surface area contributed by atoms with Gasteiger partial charge in [0.25, 0.3) is 0 Å². The molecule has 0 aromatic heterocycles. The molecule has 4 saturated carbocycles. The zero-order valence-electron chi connectivity index (χ0n) is 27.9. The number of likely N-dealkylation sites (N-methyl/N-ethyl adjacent to an activating group) is 2. The number of ether oxygens (including phenoxy) is 2. The number of carbonyl (C=O) groups is 2. The van der Waals surface area contributed by atoms with E-state index in [2.05, 4.69) is 27.9 Å². The van der Waals surface area contributed by atoms with Crippen LogP contribution >= 0.6 is 0 Å². The fourth-order valence-electron chi connectivity index (χ4n) is 12.3. The van der Waals surface area contributed by atoms with Crippen molar-refractivity contribution in [1.29, 1.82) is 0 Å². The Hall–Kier alpha value is -0.180. The molecule has 4 aliphatic carbocycles. The van der Waals surface area contributed by atoms with Crippen molar-refractivity contribution < 1.29 is 62.0 Å². The number of halogens is 2. The number of rotatable bonds is 4. The van der Waals surface area contributed by atoms with E-state index in [0.29, 0.717) is 35.3 Å². The summed E-state index contributed by atoms with van der Waals surface area (Å²) in [5.74, 6) is 2.52. The number of piperidine rings is 2. The highest BCUT2D eigenvalue weighted by Crippen LogP contribution is 2.68. The van der Waals surface area contributed by atoms with Crippen LogP contribution in [0.3, 0.4) is 0 Å². The summed E-state index contributed by atoms with van der Waals surface area (Å²) in [5.41, 5.74) is 0.377. The second kappa shape index (κ2) is 13.1. The summed E-state index contributed by atoms with van der Waals surface area (Å²) >= 11 is 0. The van der Waals surface area contributed by atoms with Crippen molar-refractivity contribution in [3.63, 3.8) is 0 Å². The summed E-state index contributed by atoms with van der Waals surface area (Å²) in [6, 6.07) is 0.846. The maximum absolute atomic E-state index is 12.5. The third-order valence-corrected chi connectivity index (χ3v) is 14.5. The van der Waals surface area contributed by atoms with Gasteiger partial charge in [0.05, 0.1) is 40.3 Å². The van der Waals surface area contributed by atoms with Gasteiger partial charge in [0, 0.05) is 32.1 Å². The minimum absolute atomic E-state index is 0. The highest BCUT2D eigenvalue weighted by atomic mass is 79.9. The van der Waals surface area contributed by atoms with Gasteiger partial charge in [-0.3, -0.25) is 9.59 Å². The zero-order chi connectivity index (χ0) is 29.2. The van der Waals surface area contributed by atoms with E-state index in [1.165, 1.54) is 103 Å². The first-order valence-electron chi connectivity index (χ1n) is 17.4. The first kappa shape index (κ1) is 35.7. The van der Waals surface area contributed by atoms with Crippen molar-refractivity contribution in [2.24, 2.45) is 34.5 Å². The van der Waals surface area contributed by atoms with Crippen molar-refractivity contribution in [2.45, 2.75) is 135 Å². The molecule has 6 rings (SSSR count). The van der Waals surface area contributed by atoms with Crippen LogP contribution in [0.5, 0.6) is 0 Å². The Morgan fingerprint density at radius 2 is 1.23 bits per heavy atom. The van der Waals surface area contributed by atoms with Crippen LogP contribution in [0.15, 0.2) is 0 Å². The SMILES string of the molecule is CC(=O)O[C@H]1C[C@@H]2CC[C@@H]3[C@H](CC[C@]4(C)[C@@H](OC(C)=O)C([N+]5(C)CCCCC5)C[C@@H]34)[C@@]2(C)C[C@@H]1[N+]1(C)CCCCC1.[Br-].[Br-]. The summed E-state index contributed by atoms with van der Waals surface area (Å²) < 4.78 is 14.7. The number of esters is 2. The predicted octanol–water partition coefficient (Wildman–Crippen LogP) is 0.119. The van der Waals surface area contributed by atoms with Crippen LogP contribution in [-0.2, 0) is 19.1 Å². The van der Waals surface area contributed by atoms with Gasteiger partial charge in [-0.1, -0.05) is 13.8 Å². The monoisotopic (exact) mass is 730 g/mol. The summed E-state index contributed by atoms with van der Waals surface area (Å²) in [5, 5.41) is 0. The minimum atomic E-state index is -0.0998. The Morgan fingerprint density at radius 1 is 0.674 bits per heavy atom. The molecule has 0 amide bonds. The molecule has 0 aromatic rings. The standard InChI is InChI=1S/C35H60N2O4.2BrH/c1-24(38)40-32-21-26-13-14-27-28(35(26,4)23-31(32)37(6)19-11-8-12-20-37)15-16-34(3)29(27)22-30(33(34)41-25(2)39)36(5)17-9-7-10-18-36;;/h26-33H,7-23H2,1-6H3;2*1H/q+2;;/p-2/t26-,27+,28-,29-,30?,31-,32-,33-,34-,35-;;/m0../s1. The van der Waals surface area contributed by atoms with Crippen molar-refractivity contribution in [3.05, 3.63) is 0 Å². The van der Waals surface area contributed by atoms with Gasteiger partial charge < -0.3 is 52.4 Å². The molecule has 248 valence electrons. The van der Waals surface area contributed by atoms with Gasteiger partial charge in [-0.2, -0.15) is 0 Å². The van der Waals surface area contributed by atoms with E-state index >= 15 is 0 Å². The Balaban J connectivity index is 0.00000212. The molecule has 2 saturated heterocycles. The van der Waals surface area contributed by atoms with Gasteiger partial charge in [-0.25, -0.2) is 0 Å². The molecule has 8 heteroatoms. The quantitative estimate of drug-likeness (QED) is 0.305. The molecular formula is C35H60Br2N2O4. The van der Waals surface area contributed by atoms with Crippen LogP contribution in [0.4, 0.5) is 0 Å². The number of hydrogen-bond acceptors (Lipinski definition) is 4. The van der Waals surface area contributed by atoms with E-state index in [1.54, 1.807) is 13.8 Å². The van der Waals surface area contributed by atoms with Crippen LogP contribution in [-0.4, -0.2) is 85.5 Å². The first-order chi connectivity index (χ1) is 19.4. The van der Waals surface area contributed by atoms with Gasteiger partial charge in [0.2, 0.25) is 0 Å². The maximum Gasteiger partial charge on any atom is 0.303 e. The number of likely N-dealkylation sites (tertiary alicyclic amines) is 2. The number of hydrogen-bond donors (Lipinski definition) is 0. The maximum atomic E-state index is 12.5. The third-order valence-electron chi connectivity index (χ3n) is 14.5. The summed E-state index contributed by atoms with van der Waals surface area (Å²) in [7, 11) is 4.94. The average Bonchev–Trinajstić information content (AvgIpc) is 3.21. The number of carbonyl (C=O) groups excluding carboxylic acids is 2. The lowest BCUT2D eigenvalue weighted by molar-refractivity contribution is -0.943. The number of fused-ring (bicyclic) bond motifs is 5. The second-order valence-corrected chi connectivity index (χ2v) is 16.7. The number of quaternary nitrogens is 2. The van der Waals surface area contributed by atoms with Gasteiger partial charge in [-0.05, 0) is 99.7 Å². The fourth-order valence-corrected chi connectivity index (χ4v) is 12.3. The Kier molecular flexibility index (Phi) is 10.9. The van der Waals surface area contributed by atoms with E-state index in [4.69, 9.17) is 9.47 Å². The summed E-state index contributed by atoms with van der Waals surface area (Å²) in [4.78, 5) is 24.8. The van der Waals surface area contributed by atoms with Gasteiger partial charge in [0.15, 0.2) is 12.2 Å². The molecule has 0 spiro atoms. The molecule has 6 aliphatic rings. The molecule has 43 heavy (non-hydrogen) atoms. The lowest BCUT2D eigenvalue weighted by Crippen LogP contribution is -3.00. The lowest BCUT2D eigenvalue weighted by atomic mass is 9.44. The molecule has 0 radical (unpaired) electrons. The van der Waals surface area contributed by atoms with E-state index < -0.39 is 0 Å². The van der Waals surface area contributed by atoms with Crippen molar-refractivity contribution in [2.75, 3.05) is 40.3 Å². The number of nitrogens with zero attached hydrogens (tertiary/aromatic N) is 2. The Labute approximate surface area is 283 Å². The molecule has 2 aliphatic heterocycles. The summed E-state index contributed by atoms with van der Waals surface area (Å²) in [6.45, 7) is 13.3. The average molecular weight is 733 g/mol. The minimum Gasteiger partial charge on any atom is -1.00 e. The van der Waals surface area contributed by atoms with E-state index in [-0.39, 0.29) is 63.5 Å². The molecule has 6 fully saturated rings. The van der Waals surface area contributed by atoms with E-state index in [1.807, 2.05) is 0 Å². The van der Waals surface area contributed by atoms with Crippen LogP contribution in [0.25, 0.3) is 0 Å². The lowest BCUT2D eigenvalue weighted by Gasteiger charge is -2.63. The van der Waals surface area contributed by atoms with Crippen molar-refractivity contribution >= 4 is 11.9 Å². The van der Waals surface area contributed by atoms with Crippen LogP contribution in [0.1, 0.15) is 111 Å². The Bertz CT molecular complexity index is 1010. The molecule has 0 bridgehead atoms. The fraction of sp³-hybridized carbons (Fsp3) is 0.943. The predicted molar refractivity (Wildman–Crippen MR) is 161 cm³/mol. The highest BCUT2D eigenvalue weighted by Gasteiger charge is 2.68. The third kappa shape index (κ3) is 6.15. The molecular weight excluding hydrogens is 672 g/mol. The van der Waals surface area contributed by atoms with Crippen LogP contribution < -0.4 is 34.0 Å². The summed E-state index contributed by atoms with van der Waals surface area (Å²) in [6.07, 6.45) is 16.4.